The normalized spacial score (nSPS) is 22.7. The van der Waals surface area contributed by atoms with Crippen molar-refractivity contribution in [3.8, 4) is 16.9 Å². The van der Waals surface area contributed by atoms with E-state index in [0.29, 0.717) is 5.92 Å². The molecule has 2 fully saturated rings. The fraction of sp³-hybridized carbons (Fsp3) is 0.385. The van der Waals surface area contributed by atoms with Gasteiger partial charge in [-0.2, -0.15) is 13.2 Å². The van der Waals surface area contributed by atoms with Crippen molar-refractivity contribution < 1.29 is 17.9 Å². The highest BCUT2D eigenvalue weighted by molar-refractivity contribution is 6.30. The first-order valence-electron chi connectivity index (χ1n) is 11.6. The Balaban J connectivity index is 1.36. The summed E-state index contributed by atoms with van der Waals surface area (Å²) in [6.45, 7) is 3.71. The maximum Gasteiger partial charge on any atom is 0.416 e. The summed E-state index contributed by atoms with van der Waals surface area (Å²) in [5.41, 5.74) is 7.76. The molecule has 3 aromatic rings. The van der Waals surface area contributed by atoms with E-state index in [0.717, 1.165) is 60.7 Å². The van der Waals surface area contributed by atoms with Crippen molar-refractivity contribution in [1.29, 1.82) is 0 Å². The number of anilines is 1. The maximum absolute atomic E-state index is 13.5. The summed E-state index contributed by atoms with van der Waals surface area (Å²) in [7, 11) is 0. The number of aromatic nitrogens is 2. The Morgan fingerprint density at radius 1 is 1.03 bits per heavy atom. The van der Waals surface area contributed by atoms with E-state index in [9.17, 15) is 13.2 Å². The lowest BCUT2D eigenvalue weighted by atomic mass is 9.99. The third-order valence-corrected chi connectivity index (χ3v) is 7.37. The Bertz CT molecular complexity index is 1210. The van der Waals surface area contributed by atoms with Crippen LogP contribution in [0.2, 0.25) is 5.02 Å². The molecule has 1 saturated carbocycles. The Morgan fingerprint density at radius 3 is 2.40 bits per heavy atom. The summed E-state index contributed by atoms with van der Waals surface area (Å²) >= 11 is 5.97. The number of pyridine rings is 2. The number of ether oxygens (including phenoxy) is 1. The van der Waals surface area contributed by atoms with Gasteiger partial charge in [-0.3, -0.25) is 4.98 Å². The van der Waals surface area contributed by atoms with Crippen LogP contribution < -0.4 is 15.8 Å². The second kappa shape index (κ2) is 9.32. The van der Waals surface area contributed by atoms with E-state index in [-0.39, 0.29) is 22.2 Å². The largest absolute Gasteiger partial charge is 0.482 e. The zero-order chi connectivity index (χ0) is 24.7. The van der Waals surface area contributed by atoms with Crippen LogP contribution >= 0.6 is 11.6 Å². The Kier molecular flexibility index (Phi) is 6.36. The zero-order valence-electron chi connectivity index (χ0n) is 19.1. The number of fused-ring (bicyclic) bond motifs is 1. The summed E-state index contributed by atoms with van der Waals surface area (Å²) < 4.78 is 46.4. The molecular formula is C26H26ClF3N4O. The van der Waals surface area contributed by atoms with Crippen molar-refractivity contribution in [2.75, 3.05) is 18.8 Å². The number of nitrogen functional groups attached to an aromatic ring is 1. The third kappa shape index (κ3) is 4.95. The lowest BCUT2D eigenvalue weighted by molar-refractivity contribution is -0.138. The predicted octanol–water partition coefficient (Wildman–Crippen LogP) is 6.25. The van der Waals surface area contributed by atoms with Crippen molar-refractivity contribution in [3.05, 3.63) is 70.6 Å². The van der Waals surface area contributed by atoms with Crippen molar-refractivity contribution >= 4 is 17.4 Å². The van der Waals surface area contributed by atoms with E-state index in [4.69, 9.17) is 27.1 Å². The molecule has 0 spiro atoms. The number of nitrogens with zero attached hydrogens (tertiary/aromatic N) is 2. The number of halogens is 4. The summed E-state index contributed by atoms with van der Waals surface area (Å²) in [5, 5.41) is 3.65. The van der Waals surface area contributed by atoms with Crippen molar-refractivity contribution in [2.45, 2.75) is 38.0 Å². The van der Waals surface area contributed by atoms with Gasteiger partial charge in [-0.15, -0.1) is 0 Å². The highest BCUT2D eigenvalue weighted by atomic mass is 35.5. The average molecular weight is 503 g/mol. The average Bonchev–Trinajstić information content (AvgIpc) is 3.42. The number of hydrogen-bond donors (Lipinski definition) is 2. The zero-order valence-corrected chi connectivity index (χ0v) is 19.9. The van der Waals surface area contributed by atoms with Crippen LogP contribution in [0.1, 0.15) is 48.6 Å². The van der Waals surface area contributed by atoms with Crippen LogP contribution in [-0.2, 0) is 6.18 Å². The molecule has 3 N–H and O–H groups in total. The molecule has 3 unspecified atom stereocenters. The highest BCUT2D eigenvalue weighted by Gasteiger charge is 2.38. The molecule has 5 rings (SSSR count). The van der Waals surface area contributed by atoms with E-state index < -0.39 is 17.8 Å². The van der Waals surface area contributed by atoms with Gasteiger partial charge in [-0.1, -0.05) is 17.7 Å². The van der Waals surface area contributed by atoms with Crippen LogP contribution in [0.4, 0.5) is 19.0 Å². The first kappa shape index (κ1) is 23.9. The fourth-order valence-corrected chi connectivity index (χ4v) is 5.50. The standard InChI is InChI=1S/C26H26ClF3N4O/c1-14(21-9-20(27)3-4-22(21)26(28,29)30)35-24-8-19(13-34-25(24)31)15-2-5-23(33-12-15)16-6-17-10-32-11-18(17)7-16/h2-5,8-9,12-14,16-18,32H,6-7,10-11H2,1H3,(H2,31,34). The molecule has 3 heterocycles. The molecule has 35 heavy (non-hydrogen) atoms. The number of benzene rings is 1. The van der Waals surface area contributed by atoms with E-state index in [2.05, 4.69) is 16.4 Å². The van der Waals surface area contributed by atoms with Crippen molar-refractivity contribution in [1.82, 2.24) is 15.3 Å². The quantitative estimate of drug-likeness (QED) is 0.431. The van der Waals surface area contributed by atoms with Gasteiger partial charge < -0.3 is 15.8 Å². The summed E-state index contributed by atoms with van der Waals surface area (Å²) in [5.74, 6) is 2.24. The van der Waals surface area contributed by atoms with E-state index >= 15 is 0 Å². The van der Waals surface area contributed by atoms with Gasteiger partial charge in [0.15, 0.2) is 11.6 Å². The maximum atomic E-state index is 13.5. The summed E-state index contributed by atoms with van der Waals surface area (Å²) in [6.07, 6.45) is 0.239. The number of rotatable bonds is 5. The lowest BCUT2D eigenvalue weighted by Crippen LogP contribution is -2.14. The molecule has 2 aliphatic rings. The summed E-state index contributed by atoms with van der Waals surface area (Å²) in [6, 6.07) is 9.15. The second-order valence-corrected chi connectivity index (χ2v) is 9.85. The van der Waals surface area contributed by atoms with Crippen LogP contribution in [0, 0.1) is 11.8 Å². The van der Waals surface area contributed by atoms with Gasteiger partial charge in [0.2, 0.25) is 0 Å². The smallest absolute Gasteiger partial charge is 0.416 e. The molecule has 0 radical (unpaired) electrons. The Hall–Kier alpha value is -2.84. The van der Waals surface area contributed by atoms with Crippen LogP contribution in [0.15, 0.2) is 48.8 Å². The van der Waals surface area contributed by atoms with Crippen molar-refractivity contribution in [3.63, 3.8) is 0 Å². The fourth-order valence-electron chi connectivity index (χ4n) is 5.31. The van der Waals surface area contributed by atoms with Gasteiger partial charge in [0.1, 0.15) is 6.10 Å². The molecule has 184 valence electrons. The van der Waals surface area contributed by atoms with Crippen molar-refractivity contribution in [2.24, 2.45) is 11.8 Å². The second-order valence-electron chi connectivity index (χ2n) is 9.42. The predicted molar refractivity (Wildman–Crippen MR) is 129 cm³/mol. The van der Waals surface area contributed by atoms with Gasteiger partial charge in [0, 0.05) is 45.7 Å². The molecule has 1 saturated heterocycles. The molecule has 2 aromatic heterocycles. The van der Waals surface area contributed by atoms with Gasteiger partial charge in [0.25, 0.3) is 0 Å². The topological polar surface area (TPSA) is 73.1 Å². The number of alkyl halides is 3. The number of nitrogens with one attached hydrogen (secondary N) is 1. The van der Waals surface area contributed by atoms with Crippen LogP contribution in [0.25, 0.3) is 11.1 Å². The van der Waals surface area contributed by atoms with Gasteiger partial charge in [-0.25, -0.2) is 4.98 Å². The molecule has 5 nitrogen and oxygen atoms in total. The Labute approximate surface area is 206 Å². The van der Waals surface area contributed by atoms with E-state index in [1.54, 1.807) is 18.5 Å². The van der Waals surface area contributed by atoms with Crippen LogP contribution in [-0.4, -0.2) is 23.1 Å². The highest BCUT2D eigenvalue weighted by Crippen LogP contribution is 2.44. The summed E-state index contributed by atoms with van der Waals surface area (Å²) in [4.78, 5) is 8.91. The molecular weight excluding hydrogens is 477 g/mol. The minimum Gasteiger partial charge on any atom is -0.482 e. The molecule has 1 aliphatic heterocycles. The first-order chi connectivity index (χ1) is 16.7. The van der Waals surface area contributed by atoms with Gasteiger partial charge in [-0.05, 0) is 75.0 Å². The van der Waals surface area contributed by atoms with Crippen LogP contribution in [0.5, 0.6) is 5.75 Å². The molecule has 0 bridgehead atoms. The SMILES string of the molecule is CC(Oc1cc(-c2ccc(C3CC4CNCC4C3)nc2)cnc1N)c1cc(Cl)ccc1C(F)(F)F. The first-order valence-corrected chi connectivity index (χ1v) is 12.0. The van der Waals surface area contributed by atoms with E-state index in [1.165, 1.54) is 19.1 Å². The molecule has 1 aromatic carbocycles. The minimum absolute atomic E-state index is 0.0719. The number of hydrogen-bond acceptors (Lipinski definition) is 5. The van der Waals surface area contributed by atoms with Crippen LogP contribution in [0.3, 0.4) is 0 Å². The Morgan fingerprint density at radius 2 is 1.74 bits per heavy atom. The molecule has 0 amide bonds. The monoisotopic (exact) mass is 502 g/mol. The minimum atomic E-state index is -4.54. The van der Waals surface area contributed by atoms with E-state index in [1.807, 2.05) is 6.07 Å². The molecule has 9 heteroatoms. The number of nitrogens with two attached hydrogens (primary N) is 1. The third-order valence-electron chi connectivity index (χ3n) is 7.13. The van der Waals surface area contributed by atoms with Gasteiger partial charge >= 0.3 is 6.18 Å². The molecule has 1 aliphatic carbocycles. The van der Waals surface area contributed by atoms with Gasteiger partial charge in [0.05, 0.1) is 5.56 Å². The lowest BCUT2D eigenvalue weighted by Gasteiger charge is -2.21. The molecule has 3 atom stereocenters.